The highest BCUT2D eigenvalue weighted by Gasteiger charge is 2.30. The van der Waals surface area contributed by atoms with Crippen LogP contribution in [0.4, 0.5) is 11.4 Å². The van der Waals surface area contributed by atoms with Crippen molar-refractivity contribution in [3.8, 4) is 0 Å². The van der Waals surface area contributed by atoms with Crippen molar-refractivity contribution in [2.24, 2.45) is 0 Å². The van der Waals surface area contributed by atoms with E-state index in [9.17, 15) is 13.2 Å². The average Bonchev–Trinajstić information content (AvgIpc) is 2.91. The monoisotopic (exact) mass is 317 g/mol. The molecular weight excluding hydrogens is 302 g/mol. The maximum Gasteiger partial charge on any atom is 0.326 e. The molecule has 1 amide bonds. The van der Waals surface area contributed by atoms with Crippen molar-refractivity contribution in [3.05, 3.63) is 59.7 Å². The summed E-state index contributed by atoms with van der Waals surface area (Å²) in [5.41, 5.74) is 8.00. The van der Waals surface area contributed by atoms with E-state index in [2.05, 4.69) is 4.72 Å². The molecule has 3 N–H and O–H groups in total. The van der Waals surface area contributed by atoms with Gasteiger partial charge in [-0.15, -0.1) is 0 Å². The van der Waals surface area contributed by atoms with Crippen LogP contribution in [0.1, 0.15) is 15.9 Å². The lowest BCUT2D eigenvalue weighted by Gasteiger charge is -2.19. The van der Waals surface area contributed by atoms with Crippen LogP contribution < -0.4 is 14.8 Å². The molecule has 1 aliphatic heterocycles. The predicted molar refractivity (Wildman–Crippen MR) is 84.7 cm³/mol. The summed E-state index contributed by atoms with van der Waals surface area (Å²) in [6.45, 7) is 0.288. The first-order chi connectivity index (χ1) is 10.5. The fourth-order valence-corrected chi connectivity index (χ4v) is 3.69. The molecule has 2 aromatic carbocycles. The molecule has 0 aromatic heterocycles. The zero-order chi connectivity index (χ0) is 15.7. The van der Waals surface area contributed by atoms with Crippen molar-refractivity contribution in [1.82, 2.24) is 4.72 Å². The van der Waals surface area contributed by atoms with Crippen LogP contribution in [0.2, 0.25) is 0 Å². The zero-order valence-electron chi connectivity index (χ0n) is 11.7. The Morgan fingerprint density at radius 2 is 1.86 bits per heavy atom. The summed E-state index contributed by atoms with van der Waals surface area (Å²) >= 11 is 0. The highest BCUT2D eigenvalue weighted by atomic mass is 32.2. The number of anilines is 2. The molecule has 7 heteroatoms. The number of rotatable bonds is 3. The zero-order valence-corrected chi connectivity index (χ0v) is 12.5. The molecule has 0 spiro atoms. The van der Waals surface area contributed by atoms with Gasteiger partial charge in [0.25, 0.3) is 5.91 Å². The molecule has 22 heavy (non-hydrogen) atoms. The van der Waals surface area contributed by atoms with Gasteiger partial charge in [0, 0.05) is 17.8 Å². The van der Waals surface area contributed by atoms with E-state index in [1.165, 1.54) is 4.31 Å². The smallest absolute Gasteiger partial charge is 0.326 e. The Bertz CT molecular complexity index is 819. The molecule has 1 heterocycles. The average molecular weight is 317 g/mol. The van der Waals surface area contributed by atoms with Gasteiger partial charge in [-0.05, 0) is 42.3 Å². The van der Waals surface area contributed by atoms with Crippen LogP contribution >= 0.6 is 0 Å². The number of nitrogens with zero attached hydrogens (tertiary/aromatic N) is 1. The van der Waals surface area contributed by atoms with E-state index in [4.69, 9.17) is 5.73 Å². The molecule has 0 saturated heterocycles. The second kappa shape index (κ2) is 5.34. The SMILES string of the molecule is Nc1ccc2c(c1)CCN2S(=O)(=O)NC(=O)c1ccccc1. The number of amides is 1. The second-order valence-electron chi connectivity index (χ2n) is 5.01. The minimum absolute atomic E-state index is 0.288. The molecule has 0 bridgehead atoms. The third-order valence-electron chi connectivity index (χ3n) is 3.50. The van der Waals surface area contributed by atoms with Crippen molar-refractivity contribution in [2.75, 3.05) is 16.6 Å². The summed E-state index contributed by atoms with van der Waals surface area (Å²) in [5, 5.41) is 0. The number of carbonyl (C=O) groups excluding carboxylic acids is 1. The molecule has 0 fully saturated rings. The molecule has 0 atom stereocenters. The first-order valence-corrected chi connectivity index (χ1v) is 8.19. The predicted octanol–water partition coefficient (Wildman–Crippen LogP) is 1.31. The lowest BCUT2D eigenvalue weighted by atomic mass is 10.1. The maximum absolute atomic E-state index is 12.4. The van der Waals surface area contributed by atoms with Gasteiger partial charge in [0.2, 0.25) is 0 Å². The van der Waals surface area contributed by atoms with Crippen molar-refractivity contribution in [3.63, 3.8) is 0 Å². The number of carbonyl (C=O) groups is 1. The molecular formula is C15H15N3O3S. The molecule has 0 saturated carbocycles. The van der Waals surface area contributed by atoms with Crippen LogP contribution in [0.3, 0.4) is 0 Å². The number of hydrogen-bond acceptors (Lipinski definition) is 4. The van der Waals surface area contributed by atoms with E-state index in [1.54, 1.807) is 48.5 Å². The lowest BCUT2D eigenvalue weighted by Crippen LogP contribution is -2.42. The van der Waals surface area contributed by atoms with Crippen LogP contribution in [-0.4, -0.2) is 20.9 Å². The Morgan fingerprint density at radius 1 is 1.14 bits per heavy atom. The van der Waals surface area contributed by atoms with Gasteiger partial charge in [-0.25, -0.2) is 4.72 Å². The summed E-state index contributed by atoms with van der Waals surface area (Å²) in [6, 6.07) is 13.3. The molecule has 0 radical (unpaired) electrons. The van der Waals surface area contributed by atoms with Crippen molar-refractivity contribution >= 4 is 27.5 Å². The fourth-order valence-electron chi connectivity index (χ4n) is 2.46. The van der Waals surface area contributed by atoms with Gasteiger partial charge in [0.05, 0.1) is 5.69 Å². The Balaban J connectivity index is 1.85. The maximum atomic E-state index is 12.4. The number of nitrogen functional groups attached to an aromatic ring is 1. The quantitative estimate of drug-likeness (QED) is 0.835. The van der Waals surface area contributed by atoms with Crippen LogP contribution in [0, 0.1) is 0 Å². The standard InChI is InChI=1S/C15H15N3O3S/c16-13-6-7-14-12(10-13)8-9-18(14)22(20,21)17-15(19)11-4-2-1-3-5-11/h1-7,10H,8-9,16H2,(H,17,19). The van der Waals surface area contributed by atoms with Gasteiger partial charge in [-0.2, -0.15) is 8.42 Å². The first-order valence-electron chi connectivity index (χ1n) is 6.75. The van der Waals surface area contributed by atoms with Crippen LogP contribution in [0.5, 0.6) is 0 Å². The van der Waals surface area contributed by atoms with Gasteiger partial charge < -0.3 is 5.73 Å². The third kappa shape index (κ3) is 2.62. The lowest BCUT2D eigenvalue weighted by molar-refractivity contribution is 0.0981. The van der Waals surface area contributed by atoms with E-state index in [-0.39, 0.29) is 6.54 Å². The fraction of sp³-hybridized carbons (Fsp3) is 0.133. The molecule has 114 valence electrons. The minimum Gasteiger partial charge on any atom is -0.399 e. The van der Waals surface area contributed by atoms with E-state index < -0.39 is 16.1 Å². The van der Waals surface area contributed by atoms with E-state index in [1.807, 2.05) is 0 Å². The van der Waals surface area contributed by atoms with E-state index in [0.29, 0.717) is 23.4 Å². The molecule has 0 aliphatic carbocycles. The van der Waals surface area contributed by atoms with Gasteiger partial charge >= 0.3 is 10.2 Å². The summed E-state index contributed by atoms with van der Waals surface area (Å²) in [5.74, 6) is -0.649. The number of nitrogens with two attached hydrogens (primary N) is 1. The Morgan fingerprint density at radius 3 is 2.59 bits per heavy atom. The summed E-state index contributed by atoms with van der Waals surface area (Å²) in [4.78, 5) is 12.0. The van der Waals surface area contributed by atoms with Crippen molar-refractivity contribution in [1.29, 1.82) is 0 Å². The highest BCUT2D eigenvalue weighted by Crippen LogP contribution is 2.31. The second-order valence-corrected chi connectivity index (χ2v) is 6.61. The van der Waals surface area contributed by atoms with Gasteiger partial charge in [0.15, 0.2) is 0 Å². The topological polar surface area (TPSA) is 92.5 Å². The van der Waals surface area contributed by atoms with E-state index >= 15 is 0 Å². The summed E-state index contributed by atoms with van der Waals surface area (Å²) < 4.78 is 28.1. The molecule has 1 aliphatic rings. The molecule has 2 aromatic rings. The number of hydrogen-bond donors (Lipinski definition) is 2. The number of nitrogens with one attached hydrogen (secondary N) is 1. The minimum atomic E-state index is -3.94. The van der Waals surface area contributed by atoms with Crippen LogP contribution in [0.25, 0.3) is 0 Å². The highest BCUT2D eigenvalue weighted by molar-refractivity contribution is 7.91. The number of benzene rings is 2. The molecule has 6 nitrogen and oxygen atoms in total. The summed E-state index contributed by atoms with van der Waals surface area (Å²) in [7, 11) is -3.94. The van der Waals surface area contributed by atoms with Crippen LogP contribution in [-0.2, 0) is 16.6 Å². The Hall–Kier alpha value is -2.54. The van der Waals surface area contributed by atoms with Gasteiger partial charge in [0.1, 0.15) is 0 Å². The van der Waals surface area contributed by atoms with Crippen molar-refractivity contribution in [2.45, 2.75) is 6.42 Å². The first kappa shape index (κ1) is 14.4. The van der Waals surface area contributed by atoms with E-state index in [0.717, 1.165) is 5.56 Å². The van der Waals surface area contributed by atoms with Crippen LogP contribution in [0.15, 0.2) is 48.5 Å². The molecule has 3 rings (SSSR count). The third-order valence-corrected chi connectivity index (χ3v) is 4.91. The van der Waals surface area contributed by atoms with Gasteiger partial charge in [-0.1, -0.05) is 18.2 Å². The number of fused-ring (bicyclic) bond motifs is 1. The van der Waals surface area contributed by atoms with Crippen molar-refractivity contribution < 1.29 is 13.2 Å². The van der Waals surface area contributed by atoms with Gasteiger partial charge in [-0.3, -0.25) is 9.10 Å². The Kier molecular flexibility index (Phi) is 3.50. The molecule has 0 unspecified atom stereocenters. The normalized spacial score (nSPS) is 13.7. The largest absolute Gasteiger partial charge is 0.399 e. The summed E-state index contributed by atoms with van der Waals surface area (Å²) in [6.07, 6.45) is 0.570. The Labute approximate surface area is 128 Å².